The van der Waals surface area contributed by atoms with E-state index in [1.165, 1.54) is 17.6 Å². The van der Waals surface area contributed by atoms with Gasteiger partial charge in [-0.2, -0.15) is 0 Å². The van der Waals surface area contributed by atoms with Gasteiger partial charge in [-0.25, -0.2) is 4.39 Å². The van der Waals surface area contributed by atoms with E-state index in [-0.39, 0.29) is 17.8 Å². The number of hydrogen-bond donors (Lipinski definition) is 1. The lowest BCUT2D eigenvalue weighted by Gasteiger charge is -2.13. The molecule has 4 heteroatoms. The number of amides is 1. The molecular formula is C26H33FN2O. The Morgan fingerprint density at radius 1 is 1.07 bits per heavy atom. The van der Waals surface area contributed by atoms with Gasteiger partial charge in [-0.3, -0.25) is 4.79 Å². The Labute approximate surface area is 179 Å². The molecule has 1 amide bonds. The maximum atomic E-state index is 13.5. The van der Waals surface area contributed by atoms with E-state index in [2.05, 4.69) is 42.7 Å². The summed E-state index contributed by atoms with van der Waals surface area (Å²) in [6.45, 7) is 8.34. The van der Waals surface area contributed by atoms with Crippen LogP contribution in [0.5, 0.6) is 0 Å². The molecule has 0 fully saturated rings. The Balaban J connectivity index is 0.00000155. The molecule has 1 aromatic heterocycles. The molecule has 0 saturated heterocycles. The molecule has 2 N–H and O–H groups in total. The van der Waals surface area contributed by atoms with Crippen LogP contribution in [0.1, 0.15) is 65.1 Å². The van der Waals surface area contributed by atoms with Crippen molar-refractivity contribution in [3.63, 3.8) is 0 Å². The van der Waals surface area contributed by atoms with Crippen LogP contribution in [0.4, 0.5) is 4.39 Å². The first-order valence-corrected chi connectivity index (χ1v) is 10.8. The largest absolute Gasteiger partial charge is 0.370 e. The molecule has 0 saturated carbocycles. The number of fused-ring (bicyclic) bond motifs is 1. The minimum Gasteiger partial charge on any atom is -0.370 e. The fourth-order valence-electron chi connectivity index (χ4n) is 3.68. The standard InChI is InChI=1S/C24H27FN2O.C2H6/c1-17(2)27-21-10-8-7-9-20(21)24(18-13-15-19(25)16-14-18)22(27)11-5-3-4-6-12-23(26)28;1-2/h5,7-11,13-17H,3-4,6,12H2,1-2H3,(H2,26,28);1-2H3/b11-5+;. The molecule has 0 unspecified atom stereocenters. The van der Waals surface area contributed by atoms with Gasteiger partial charge >= 0.3 is 0 Å². The molecule has 0 aliphatic rings. The smallest absolute Gasteiger partial charge is 0.217 e. The van der Waals surface area contributed by atoms with E-state index >= 15 is 0 Å². The number of rotatable bonds is 8. The average molecular weight is 409 g/mol. The summed E-state index contributed by atoms with van der Waals surface area (Å²) in [6, 6.07) is 15.3. The summed E-state index contributed by atoms with van der Waals surface area (Å²) in [5.41, 5.74) is 9.62. The van der Waals surface area contributed by atoms with Crippen molar-refractivity contribution in [3.05, 3.63) is 66.1 Å². The zero-order chi connectivity index (χ0) is 22.1. The second-order valence-electron chi connectivity index (χ2n) is 7.36. The molecule has 2 aromatic carbocycles. The highest BCUT2D eigenvalue weighted by Gasteiger charge is 2.18. The average Bonchev–Trinajstić information content (AvgIpc) is 3.07. The number of para-hydroxylation sites is 1. The molecule has 0 bridgehead atoms. The zero-order valence-corrected chi connectivity index (χ0v) is 18.5. The van der Waals surface area contributed by atoms with E-state index in [4.69, 9.17) is 5.73 Å². The number of nitrogens with zero attached hydrogens (tertiary/aromatic N) is 1. The number of hydrogen-bond acceptors (Lipinski definition) is 1. The van der Waals surface area contributed by atoms with Crippen molar-refractivity contribution in [2.24, 2.45) is 5.73 Å². The van der Waals surface area contributed by atoms with E-state index in [0.29, 0.717) is 6.42 Å². The highest BCUT2D eigenvalue weighted by atomic mass is 19.1. The number of primary amides is 1. The second kappa shape index (κ2) is 11.3. The maximum Gasteiger partial charge on any atom is 0.217 e. The zero-order valence-electron chi connectivity index (χ0n) is 18.5. The SMILES string of the molecule is CC.CC(C)n1c(/C=C/CCCCC(N)=O)c(-c2ccc(F)cc2)c2ccccc21. The first-order valence-electron chi connectivity index (χ1n) is 10.8. The van der Waals surface area contributed by atoms with E-state index < -0.39 is 0 Å². The van der Waals surface area contributed by atoms with Gasteiger partial charge in [0, 0.05) is 34.6 Å². The van der Waals surface area contributed by atoms with Crippen LogP contribution in [0.25, 0.3) is 28.1 Å². The van der Waals surface area contributed by atoms with Gasteiger partial charge in [-0.05, 0) is 62.9 Å². The van der Waals surface area contributed by atoms with Crippen LogP contribution in [-0.4, -0.2) is 10.5 Å². The third kappa shape index (κ3) is 5.59. The first-order chi connectivity index (χ1) is 14.5. The monoisotopic (exact) mass is 408 g/mol. The van der Waals surface area contributed by atoms with Gasteiger partial charge in [-0.15, -0.1) is 0 Å². The van der Waals surface area contributed by atoms with Crippen molar-refractivity contribution >= 4 is 22.9 Å². The fourth-order valence-corrected chi connectivity index (χ4v) is 3.68. The normalized spacial score (nSPS) is 11.1. The van der Waals surface area contributed by atoms with Crippen LogP contribution in [0.3, 0.4) is 0 Å². The number of halogens is 1. The lowest BCUT2D eigenvalue weighted by Crippen LogP contribution is -2.09. The summed E-state index contributed by atoms with van der Waals surface area (Å²) >= 11 is 0. The van der Waals surface area contributed by atoms with E-state index in [1.807, 2.05) is 38.1 Å². The molecule has 0 aliphatic heterocycles. The predicted octanol–water partition coefficient (Wildman–Crippen LogP) is 7.11. The number of carbonyl (C=O) groups excluding carboxylic acids is 1. The number of benzene rings is 2. The summed E-state index contributed by atoms with van der Waals surface area (Å²) in [5.74, 6) is -0.481. The molecule has 3 rings (SSSR count). The van der Waals surface area contributed by atoms with Gasteiger partial charge in [0.05, 0.1) is 0 Å². The van der Waals surface area contributed by atoms with Crippen molar-refractivity contribution in [1.29, 1.82) is 0 Å². The van der Waals surface area contributed by atoms with E-state index in [1.54, 1.807) is 0 Å². The molecule has 3 nitrogen and oxygen atoms in total. The van der Waals surface area contributed by atoms with Crippen LogP contribution in [0, 0.1) is 5.82 Å². The summed E-state index contributed by atoms with van der Waals surface area (Å²) in [4.78, 5) is 10.9. The molecule has 30 heavy (non-hydrogen) atoms. The minimum atomic E-state index is -0.248. The maximum absolute atomic E-state index is 13.5. The van der Waals surface area contributed by atoms with E-state index in [0.717, 1.165) is 41.5 Å². The van der Waals surface area contributed by atoms with Crippen molar-refractivity contribution in [2.45, 2.75) is 59.4 Å². The van der Waals surface area contributed by atoms with Crippen LogP contribution in [0.2, 0.25) is 0 Å². The van der Waals surface area contributed by atoms with Crippen LogP contribution in [0.15, 0.2) is 54.6 Å². The topological polar surface area (TPSA) is 48.0 Å². The van der Waals surface area contributed by atoms with Crippen molar-refractivity contribution in [3.8, 4) is 11.1 Å². The number of allylic oxidation sites excluding steroid dienone is 1. The van der Waals surface area contributed by atoms with Gasteiger partial charge < -0.3 is 10.3 Å². The molecule has 0 spiro atoms. The molecule has 0 atom stereocenters. The van der Waals surface area contributed by atoms with Gasteiger partial charge in [0.2, 0.25) is 5.91 Å². The summed E-state index contributed by atoms with van der Waals surface area (Å²) < 4.78 is 15.8. The number of unbranched alkanes of at least 4 members (excludes halogenated alkanes) is 2. The van der Waals surface area contributed by atoms with Crippen LogP contribution >= 0.6 is 0 Å². The highest BCUT2D eigenvalue weighted by molar-refractivity contribution is 6.01. The number of aromatic nitrogens is 1. The van der Waals surface area contributed by atoms with Crippen LogP contribution < -0.4 is 5.73 Å². The molecule has 1 heterocycles. The van der Waals surface area contributed by atoms with Crippen molar-refractivity contribution < 1.29 is 9.18 Å². The molecule has 160 valence electrons. The van der Waals surface area contributed by atoms with E-state index in [9.17, 15) is 9.18 Å². The Bertz CT molecular complexity index is 984. The highest BCUT2D eigenvalue weighted by Crippen LogP contribution is 2.37. The first kappa shape index (κ1) is 23.4. The Hall–Kier alpha value is -2.88. The summed E-state index contributed by atoms with van der Waals surface area (Å²) in [6.07, 6.45) is 7.35. The molecule has 0 aliphatic carbocycles. The van der Waals surface area contributed by atoms with Gasteiger partial charge in [0.25, 0.3) is 0 Å². The lowest BCUT2D eigenvalue weighted by molar-refractivity contribution is -0.118. The fraction of sp³-hybridized carbons (Fsp3) is 0.346. The van der Waals surface area contributed by atoms with Gasteiger partial charge in [0.1, 0.15) is 5.82 Å². The predicted molar refractivity (Wildman–Crippen MR) is 126 cm³/mol. The number of nitrogens with two attached hydrogens (primary N) is 1. The van der Waals surface area contributed by atoms with Crippen molar-refractivity contribution in [1.82, 2.24) is 4.57 Å². The van der Waals surface area contributed by atoms with Crippen molar-refractivity contribution in [2.75, 3.05) is 0 Å². The molecule has 3 aromatic rings. The third-order valence-corrected chi connectivity index (χ3v) is 4.92. The Morgan fingerprint density at radius 3 is 2.37 bits per heavy atom. The van der Waals surface area contributed by atoms with Crippen LogP contribution in [-0.2, 0) is 4.79 Å². The minimum absolute atomic E-state index is 0.233. The summed E-state index contributed by atoms with van der Waals surface area (Å²) in [5, 5.41) is 1.16. The Kier molecular flexibility index (Phi) is 8.85. The quantitative estimate of drug-likeness (QED) is 0.397. The lowest BCUT2D eigenvalue weighted by atomic mass is 10.0. The van der Waals surface area contributed by atoms with Gasteiger partial charge in [-0.1, -0.05) is 50.3 Å². The van der Waals surface area contributed by atoms with Gasteiger partial charge in [0.15, 0.2) is 0 Å². The summed E-state index contributed by atoms with van der Waals surface area (Å²) in [7, 11) is 0. The molecular weight excluding hydrogens is 375 g/mol. The third-order valence-electron chi connectivity index (χ3n) is 4.92. The number of carbonyl (C=O) groups is 1. The molecule has 0 radical (unpaired) electrons. The Morgan fingerprint density at radius 2 is 1.73 bits per heavy atom. The second-order valence-corrected chi connectivity index (χ2v) is 7.36.